The molecule has 1 fully saturated rings. The van der Waals surface area contributed by atoms with Gasteiger partial charge in [-0.25, -0.2) is 4.79 Å². The number of carbonyl (C=O) groups excluding carboxylic acids is 1. The zero-order valence-corrected chi connectivity index (χ0v) is 12.2. The lowest BCUT2D eigenvalue weighted by Gasteiger charge is -2.28. The first-order chi connectivity index (χ1) is 9.76. The maximum Gasteiger partial charge on any atom is 0.338 e. The topological polar surface area (TPSA) is 38.3 Å². The van der Waals surface area contributed by atoms with Crippen LogP contribution in [-0.4, -0.2) is 12.1 Å². The fraction of sp³-hybridized carbons (Fsp3) is 0.588. The van der Waals surface area contributed by atoms with Crippen molar-refractivity contribution in [3.05, 3.63) is 34.9 Å². The summed E-state index contributed by atoms with van der Waals surface area (Å²) in [5.74, 6) is 0.576. The Bertz CT molecular complexity index is 498. The highest BCUT2D eigenvalue weighted by molar-refractivity contribution is 5.89. The molecule has 0 bridgehead atoms. The number of fused-ring (bicyclic) bond motifs is 1. The molecule has 0 aromatic heterocycles. The summed E-state index contributed by atoms with van der Waals surface area (Å²) < 4.78 is 5.71. The van der Waals surface area contributed by atoms with Crippen LogP contribution in [-0.2, 0) is 17.8 Å². The molecule has 3 heteroatoms. The number of hydrogen-bond acceptors (Lipinski definition) is 3. The quantitative estimate of drug-likeness (QED) is 0.858. The van der Waals surface area contributed by atoms with Crippen LogP contribution in [0, 0.1) is 5.92 Å². The highest BCUT2D eigenvalue weighted by Gasteiger charge is 2.24. The maximum atomic E-state index is 12.3. The van der Waals surface area contributed by atoms with Gasteiger partial charge in [-0.1, -0.05) is 25.8 Å². The summed E-state index contributed by atoms with van der Waals surface area (Å²) in [6, 6.07) is 5.92. The molecule has 0 radical (unpaired) electrons. The zero-order chi connectivity index (χ0) is 13.9. The van der Waals surface area contributed by atoms with Crippen LogP contribution >= 0.6 is 0 Å². The molecule has 0 saturated heterocycles. The van der Waals surface area contributed by atoms with Gasteiger partial charge in [-0.15, -0.1) is 0 Å². The Kier molecular flexibility index (Phi) is 4.06. The van der Waals surface area contributed by atoms with Gasteiger partial charge in [0.15, 0.2) is 0 Å². The Morgan fingerprint density at radius 1 is 1.30 bits per heavy atom. The van der Waals surface area contributed by atoms with Gasteiger partial charge in [-0.3, -0.25) is 0 Å². The van der Waals surface area contributed by atoms with Gasteiger partial charge in [0.1, 0.15) is 6.10 Å². The molecule has 1 aromatic rings. The number of benzene rings is 1. The Balaban J connectivity index is 1.64. The average Bonchev–Trinajstić information content (AvgIpc) is 2.94. The molecule has 0 spiro atoms. The lowest BCUT2D eigenvalue weighted by atomic mass is 9.85. The molecule has 2 unspecified atom stereocenters. The van der Waals surface area contributed by atoms with E-state index in [0.29, 0.717) is 5.56 Å². The summed E-state index contributed by atoms with van der Waals surface area (Å²) in [4.78, 5) is 12.3. The van der Waals surface area contributed by atoms with Crippen molar-refractivity contribution in [2.24, 2.45) is 5.92 Å². The summed E-state index contributed by atoms with van der Waals surface area (Å²) in [5, 5.41) is 3.30. The van der Waals surface area contributed by atoms with Gasteiger partial charge < -0.3 is 10.1 Å². The lowest BCUT2D eigenvalue weighted by molar-refractivity contribution is 0.0140. The first kappa shape index (κ1) is 13.6. The summed E-state index contributed by atoms with van der Waals surface area (Å²) >= 11 is 0. The number of nitrogens with one attached hydrogen (secondary N) is 1. The number of rotatable bonds is 3. The highest BCUT2D eigenvalue weighted by Crippen LogP contribution is 2.29. The molecule has 3 nitrogen and oxygen atoms in total. The van der Waals surface area contributed by atoms with Crippen LogP contribution < -0.4 is 5.32 Å². The third kappa shape index (κ3) is 2.88. The SMILES string of the molecule is CCC1CCCC(OC(=O)c2ccc3c(c2)CNC3)C1. The van der Waals surface area contributed by atoms with Gasteiger partial charge in [0, 0.05) is 13.1 Å². The van der Waals surface area contributed by atoms with Crippen LogP contribution in [0.4, 0.5) is 0 Å². The number of carbonyl (C=O) groups is 1. The van der Waals surface area contributed by atoms with Crippen molar-refractivity contribution in [1.82, 2.24) is 5.32 Å². The van der Waals surface area contributed by atoms with Crippen molar-refractivity contribution in [1.29, 1.82) is 0 Å². The highest BCUT2D eigenvalue weighted by atomic mass is 16.5. The number of esters is 1. The van der Waals surface area contributed by atoms with Crippen LogP contribution in [0.2, 0.25) is 0 Å². The predicted molar refractivity (Wildman–Crippen MR) is 78.4 cm³/mol. The molecular weight excluding hydrogens is 250 g/mol. The maximum absolute atomic E-state index is 12.3. The lowest BCUT2D eigenvalue weighted by Crippen LogP contribution is -2.25. The molecule has 0 amide bonds. The van der Waals surface area contributed by atoms with E-state index in [9.17, 15) is 4.79 Å². The summed E-state index contributed by atoms with van der Waals surface area (Å²) in [5.41, 5.74) is 3.23. The summed E-state index contributed by atoms with van der Waals surface area (Å²) in [6.07, 6.45) is 5.84. The van der Waals surface area contributed by atoms with Crippen molar-refractivity contribution in [2.45, 2.75) is 58.2 Å². The van der Waals surface area contributed by atoms with E-state index in [1.807, 2.05) is 18.2 Å². The van der Waals surface area contributed by atoms with Crippen molar-refractivity contribution >= 4 is 5.97 Å². The van der Waals surface area contributed by atoms with Crippen molar-refractivity contribution in [3.8, 4) is 0 Å². The standard InChI is InChI=1S/C17H23NO2/c1-2-12-4-3-5-16(8-12)20-17(19)13-6-7-14-10-18-11-15(14)9-13/h6-7,9,12,16,18H,2-5,8,10-11H2,1H3. The molecular formula is C17H23NO2. The van der Waals surface area contributed by atoms with Crippen LogP contribution in [0.25, 0.3) is 0 Å². The molecule has 1 aromatic carbocycles. The molecule has 1 saturated carbocycles. The van der Waals surface area contributed by atoms with E-state index >= 15 is 0 Å². The van der Waals surface area contributed by atoms with Gasteiger partial charge in [0.25, 0.3) is 0 Å². The van der Waals surface area contributed by atoms with Gasteiger partial charge in [0.2, 0.25) is 0 Å². The fourth-order valence-corrected chi connectivity index (χ4v) is 3.36. The van der Waals surface area contributed by atoms with E-state index < -0.39 is 0 Å². The minimum atomic E-state index is -0.151. The van der Waals surface area contributed by atoms with E-state index in [-0.39, 0.29) is 12.1 Å². The fourth-order valence-electron chi connectivity index (χ4n) is 3.36. The third-order valence-electron chi connectivity index (χ3n) is 4.66. The minimum Gasteiger partial charge on any atom is -0.459 e. The third-order valence-corrected chi connectivity index (χ3v) is 4.66. The molecule has 1 aliphatic heterocycles. The first-order valence-electron chi connectivity index (χ1n) is 7.79. The Labute approximate surface area is 120 Å². The predicted octanol–water partition coefficient (Wildman–Crippen LogP) is 3.42. The van der Waals surface area contributed by atoms with Gasteiger partial charge in [0.05, 0.1) is 5.56 Å². The normalized spacial score (nSPS) is 25.2. The second kappa shape index (κ2) is 5.96. The van der Waals surface area contributed by atoms with E-state index in [1.165, 1.54) is 30.4 Å². The van der Waals surface area contributed by atoms with Crippen LogP contribution in [0.15, 0.2) is 18.2 Å². The van der Waals surface area contributed by atoms with E-state index in [4.69, 9.17) is 4.74 Å². The molecule has 3 rings (SSSR count). The summed E-state index contributed by atoms with van der Waals surface area (Å²) in [6.45, 7) is 3.99. The van der Waals surface area contributed by atoms with Gasteiger partial charge in [-0.05, 0) is 48.4 Å². The van der Waals surface area contributed by atoms with E-state index in [0.717, 1.165) is 31.8 Å². The average molecular weight is 273 g/mol. The number of hydrogen-bond donors (Lipinski definition) is 1. The van der Waals surface area contributed by atoms with E-state index in [2.05, 4.69) is 12.2 Å². The first-order valence-corrected chi connectivity index (χ1v) is 7.79. The van der Waals surface area contributed by atoms with E-state index in [1.54, 1.807) is 0 Å². The zero-order valence-electron chi connectivity index (χ0n) is 12.2. The van der Waals surface area contributed by atoms with Crippen LogP contribution in [0.1, 0.15) is 60.5 Å². The van der Waals surface area contributed by atoms with Gasteiger partial charge >= 0.3 is 5.97 Å². The molecule has 1 N–H and O–H groups in total. The van der Waals surface area contributed by atoms with Crippen LogP contribution in [0.3, 0.4) is 0 Å². The largest absolute Gasteiger partial charge is 0.459 e. The van der Waals surface area contributed by atoms with Crippen molar-refractivity contribution < 1.29 is 9.53 Å². The smallest absolute Gasteiger partial charge is 0.338 e. The Morgan fingerprint density at radius 2 is 2.15 bits per heavy atom. The molecule has 2 aliphatic rings. The van der Waals surface area contributed by atoms with Crippen LogP contribution in [0.5, 0.6) is 0 Å². The molecule has 1 aliphatic carbocycles. The number of ether oxygens (including phenoxy) is 1. The minimum absolute atomic E-state index is 0.118. The Morgan fingerprint density at radius 3 is 3.00 bits per heavy atom. The summed E-state index contributed by atoms with van der Waals surface area (Å²) in [7, 11) is 0. The Hall–Kier alpha value is -1.35. The molecule has 20 heavy (non-hydrogen) atoms. The van der Waals surface area contributed by atoms with Gasteiger partial charge in [-0.2, -0.15) is 0 Å². The monoisotopic (exact) mass is 273 g/mol. The molecule has 108 valence electrons. The molecule has 2 atom stereocenters. The van der Waals surface area contributed by atoms with Crippen molar-refractivity contribution in [2.75, 3.05) is 0 Å². The van der Waals surface area contributed by atoms with Crippen molar-refractivity contribution in [3.63, 3.8) is 0 Å². The molecule has 1 heterocycles. The second-order valence-electron chi connectivity index (χ2n) is 6.06. The second-order valence-corrected chi connectivity index (χ2v) is 6.06.